The summed E-state index contributed by atoms with van der Waals surface area (Å²) >= 11 is 2.62. The number of thioether (sulfide) groups is 1. The van der Waals surface area contributed by atoms with Gasteiger partial charge in [-0.3, -0.25) is 9.89 Å². The number of nitrogens with zero attached hydrogens (tertiary/aromatic N) is 4. The van der Waals surface area contributed by atoms with Gasteiger partial charge in [-0.25, -0.2) is 9.37 Å². The molecule has 0 fully saturated rings. The molecule has 7 nitrogen and oxygen atoms in total. The first-order valence-electron chi connectivity index (χ1n) is 7.45. The normalized spacial score (nSPS) is 11.0. The van der Waals surface area contributed by atoms with Crippen LogP contribution < -0.4 is 5.32 Å². The van der Waals surface area contributed by atoms with Gasteiger partial charge in [0.05, 0.1) is 5.75 Å². The second-order valence-corrected chi connectivity index (χ2v) is 7.41. The molecule has 0 saturated heterocycles. The molecule has 3 rings (SSSR count). The maximum atomic E-state index is 12.9. The predicted octanol–water partition coefficient (Wildman–Crippen LogP) is 3.46. The van der Waals surface area contributed by atoms with E-state index in [0.717, 1.165) is 5.82 Å². The van der Waals surface area contributed by atoms with Crippen molar-refractivity contribution in [3.63, 3.8) is 0 Å². The zero-order valence-electron chi connectivity index (χ0n) is 13.5. The van der Waals surface area contributed by atoms with Crippen molar-refractivity contribution in [2.75, 3.05) is 5.32 Å². The molecule has 2 aromatic heterocycles. The van der Waals surface area contributed by atoms with Crippen molar-refractivity contribution >= 4 is 34.7 Å². The number of rotatable bonds is 6. The Morgan fingerprint density at radius 2 is 2.08 bits per heavy atom. The highest BCUT2D eigenvalue weighted by molar-refractivity contribution is 7.98. The van der Waals surface area contributed by atoms with Gasteiger partial charge in [-0.15, -0.1) is 15.3 Å². The molecule has 1 amide bonds. The summed E-state index contributed by atoms with van der Waals surface area (Å²) in [5.41, 5.74) is 0.500. The number of nitrogens with one attached hydrogen (secondary N) is 2. The summed E-state index contributed by atoms with van der Waals surface area (Å²) in [5.74, 6) is 0.905. The Morgan fingerprint density at radius 3 is 2.76 bits per heavy atom. The number of anilines is 1. The average Bonchev–Trinajstić information content (AvgIpc) is 3.24. The van der Waals surface area contributed by atoms with E-state index in [4.69, 9.17) is 0 Å². The van der Waals surface area contributed by atoms with Crippen LogP contribution in [-0.2, 0) is 5.75 Å². The number of hydrogen-bond acceptors (Lipinski definition) is 7. The number of aromatic amines is 1. The molecule has 0 aliphatic rings. The van der Waals surface area contributed by atoms with Gasteiger partial charge in [0.15, 0.2) is 0 Å². The predicted molar refractivity (Wildman–Crippen MR) is 94.3 cm³/mol. The lowest BCUT2D eigenvalue weighted by atomic mass is 10.2. The molecule has 2 heterocycles. The lowest BCUT2D eigenvalue weighted by Gasteiger charge is -2.01. The summed E-state index contributed by atoms with van der Waals surface area (Å²) in [6.07, 6.45) is 0. The average molecular weight is 378 g/mol. The van der Waals surface area contributed by atoms with E-state index >= 15 is 0 Å². The zero-order valence-corrected chi connectivity index (χ0v) is 15.1. The number of hydrogen-bond donors (Lipinski definition) is 2. The molecule has 2 N–H and O–H groups in total. The van der Waals surface area contributed by atoms with Gasteiger partial charge in [0.2, 0.25) is 10.2 Å². The number of carbonyl (C=O) groups is 1. The molecule has 10 heteroatoms. The van der Waals surface area contributed by atoms with Crippen molar-refractivity contribution < 1.29 is 9.18 Å². The van der Waals surface area contributed by atoms with Crippen molar-refractivity contribution in [3.05, 3.63) is 45.9 Å². The fourth-order valence-electron chi connectivity index (χ4n) is 1.83. The first-order chi connectivity index (χ1) is 12.0. The molecule has 0 bridgehead atoms. The molecule has 0 aliphatic carbocycles. The second kappa shape index (κ2) is 7.70. The SMILES string of the molecule is CC(C)c1nc(SCc2nnc(C(=O)Nc3ccc(F)cc3)s2)n[nH]1. The van der Waals surface area contributed by atoms with E-state index in [1.54, 1.807) is 0 Å². The van der Waals surface area contributed by atoms with Gasteiger partial charge >= 0.3 is 0 Å². The Bertz CT molecular complexity index is 861. The third-order valence-corrected chi connectivity index (χ3v) is 5.08. The van der Waals surface area contributed by atoms with E-state index in [1.807, 2.05) is 13.8 Å². The molecular weight excluding hydrogens is 363 g/mol. The van der Waals surface area contributed by atoms with E-state index in [-0.39, 0.29) is 22.6 Å². The van der Waals surface area contributed by atoms with E-state index in [0.29, 0.717) is 21.6 Å². The molecule has 3 aromatic rings. The summed E-state index contributed by atoms with van der Waals surface area (Å²) in [5, 5.41) is 19.2. The van der Waals surface area contributed by atoms with E-state index in [1.165, 1.54) is 47.4 Å². The summed E-state index contributed by atoms with van der Waals surface area (Å²) in [6, 6.07) is 5.53. The maximum absolute atomic E-state index is 12.9. The highest BCUT2D eigenvalue weighted by Crippen LogP contribution is 2.23. The van der Waals surface area contributed by atoms with Gasteiger partial charge in [0.25, 0.3) is 5.91 Å². The maximum Gasteiger partial charge on any atom is 0.286 e. The summed E-state index contributed by atoms with van der Waals surface area (Å²) in [7, 11) is 0. The Labute approximate surface area is 151 Å². The van der Waals surface area contributed by atoms with Crippen molar-refractivity contribution in [1.29, 1.82) is 0 Å². The van der Waals surface area contributed by atoms with Crippen LogP contribution in [0.2, 0.25) is 0 Å². The van der Waals surface area contributed by atoms with E-state index in [2.05, 4.69) is 30.7 Å². The Hall–Kier alpha value is -2.33. The Morgan fingerprint density at radius 1 is 1.32 bits per heavy atom. The number of carbonyl (C=O) groups excluding carboxylic acids is 1. The van der Waals surface area contributed by atoms with Crippen LogP contribution >= 0.6 is 23.1 Å². The van der Waals surface area contributed by atoms with Crippen molar-refractivity contribution in [2.45, 2.75) is 30.7 Å². The molecule has 25 heavy (non-hydrogen) atoms. The molecule has 0 spiro atoms. The monoisotopic (exact) mass is 378 g/mol. The van der Waals surface area contributed by atoms with Crippen LogP contribution in [0.3, 0.4) is 0 Å². The highest BCUT2D eigenvalue weighted by Gasteiger charge is 2.14. The van der Waals surface area contributed by atoms with E-state index in [9.17, 15) is 9.18 Å². The van der Waals surface area contributed by atoms with Gasteiger partial charge in [-0.05, 0) is 24.3 Å². The minimum atomic E-state index is -0.375. The molecule has 1 aromatic carbocycles. The number of halogens is 1. The molecule has 0 unspecified atom stereocenters. The van der Waals surface area contributed by atoms with Gasteiger partial charge in [-0.1, -0.05) is 36.9 Å². The lowest BCUT2D eigenvalue weighted by molar-refractivity contribution is 0.102. The fraction of sp³-hybridized carbons (Fsp3) is 0.267. The van der Waals surface area contributed by atoms with Crippen LogP contribution in [0.1, 0.15) is 40.4 Å². The van der Waals surface area contributed by atoms with Crippen molar-refractivity contribution in [1.82, 2.24) is 25.4 Å². The highest BCUT2D eigenvalue weighted by atomic mass is 32.2. The number of benzene rings is 1. The van der Waals surface area contributed by atoms with Crippen molar-refractivity contribution in [2.24, 2.45) is 0 Å². The summed E-state index contributed by atoms with van der Waals surface area (Å²) < 4.78 is 12.9. The third kappa shape index (κ3) is 4.60. The van der Waals surface area contributed by atoms with Crippen LogP contribution in [0.5, 0.6) is 0 Å². The number of aromatic nitrogens is 5. The minimum absolute atomic E-state index is 0.248. The van der Waals surface area contributed by atoms with Crippen LogP contribution in [0, 0.1) is 5.82 Å². The third-order valence-electron chi connectivity index (χ3n) is 3.12. The number of H-pyrrole nitrogens is 1. The van der Waals surface area contributed by atoms with Gasteiger partial charge in [-0.2, -0.15) is 0 Å². The molecule has 0 radical (unpaired) electrons. The molecule has 130 valence electrons. The quantitative estimate of drug-likeness (QED) is 0.638. The molecule has 0 aliphatic heterocycles. The van der Waals surface area contributed by atoms with Crippen LogP contribution in [0.4, 0.5) is 10.1 Å². The largest absolute Gasteiger partial charge is 0.320 e. The van der Waals surface area contributed by atoms with Crippen molar-refractivity contribution in [3.8, 4) is 0 Å². The zero-order chi connectivity index (χ0) is 17.8. The van der Waals surface area contributed by atoms with Gasteiger partial charge in [0, 0.05) is 11.6 Å². The minimum Gasteiger partial charge on any atom is -0.320 e. The lowest BCUT2D eigenvalue weighted by Crippen LogP contribution is -2.11. The second-order valence-electron chi connectivity index (χ2n) is 5.41. The van der Waals surface area contributed by atoms with Gasteiger partial charge in [0.1, 0.15) is 16.6 Å². The standard InChI is InChI=1S/C15H15FN6OS2/c1-8(2)12-18-15(22-20-12)24-7-11-19-21-14(25-11)13(23)17-10-5-3-9(16)4-6-10/h3-6,8H,7H2,1-2H3,(H,17,23)(H,18,20,22). The Balaban J connectivity index is 1.57. The molecular formula is C15H15FN6OS2. The summed E-state index contributed by atoms with van der Waals surface area (Å²) in [4.78, 5) is 16.5. The van der Waals surface area contributed by atoms with Crippen LogP contribution in [-0.4, -0.2) is 31.3 Å². The summed E-state index contributed by atoms with van der Waals surface area (Å²) in [6.45, 7) is 4.07. The Kier molecular flexibility index (Phi) is 5.39. The van der Waals surface area contributed by atoms with Crippen LogP contribution in [0.25, 0.3) is 0 Å². The first kappa shape index (κ1) is 17.5. The number of amides is 1. The molecule has 0 saturated carbocycles. The smallest absolute Gasteiger partial charge is 0.286 e. The molecule has 0 atom stereocenters. The van der Waals surface area contributed by atoms with Crippen LogP contribution in [0.15, 0.2) is 29.4 Å². The topological polar surface area (TPSA) is 96.4 Å². The van der Waals surface area contributed by atoms with Gasteiger partial charge < -0.3 is 5.32 Å². The van der Waals surface area contributed by atoms with E-state index < -0.39 is 0 Å². The first-order valence-corrected chi connectivity index (χ1v) is 9.26. The fourth-order valence-corrected chi connectivity index (χ4v) is 3.35.